The molecule has 0 aliphatic carbocycles. The summed E-state index contributed by atoms with van der Waals surface area (Å²) in [6.45, 7) is 0. The molecule has 0 aromatic heterocycles. The fourth-order valence-electron chi connectivity index (χ4n) is 1.80. The molecule has 0 amide bonds. The third kappa shape index (κ3) is 2.15. The second-order valence-electron chi connectivity index (χ2n) is 4.17. The molecule has 122 valence electrons. The summed E-state index contributed by atoms with van der Waals surface area (Å²) in [5.74, 6) is 0. The average molecular weight is 390 g/mol. The standard InChI is InChI=1S/C6H6N4O8S4/c11-19(12)3-1-4-6(2-5(3)21(15,16)9-7-19)22(17,18)10-8-20(4,13)14/h1-2,7-10H. The lowest BCUT2D eigenvalue weighted by Gasteiger charge is -2.23. The molecule has 2 aliphatic heterocycles. The van der Waals surface area contributed by atoms with Gasteiger partial charge in [0.1, 0.15) is 19.6 Å². The molecule has 1 aromatic carbocycles. The first-order chi connectivity index (χ1) is 9.87. The summed E-state index contributed by atoms with van der Waals surface area (Å²) in [6, 6.07) is 0.929. The summed E-state index contributed by atoms with van der Waals surface area (Å²) < 4.78 is 94.4. The van der Waals surface area contributed by atoms with E-state index in [2.05, 4.69) is 0 Å². The normalized spacial score (nSPS) is 26.5. The number of benzene rings is 1. The number of sulfonamides is 4. The Labute approximate surface area is 125 Å². The Bertz CT molecular complexity index is 937. The van der Waals surface area contributed by atoms with Gasteiger partial charge in [0.15, 0.2) is 0 Å². The molecule has 2 heterocycles. The van der Waals surface area contributed by atoms with E-state index in [1.165, 1.54) is 19.3 Å². The van der Waals surface area contributed by atoms with Gasteiger partial charge in [0, 0.05) is 0 Å². The molecule has 22 heavy (non-hydrogen) atoms. The van der Waals surface area contributed by atoms with E-state index >= 15 is 0 Å². The van der Waals surface area contributed by atoms with Crippen molar-refractivity contribution < 1.29 is 33.7 Å². The number of nitrogens with one attached hydrogen (secondary N) is 4. The number of hydrogen-bond donors (Lipinski definition) is 4. The van der Waals surface area contributed by atoms with Gasteiger partial charge >= 0.3 is 0 Å². The van der Waals surface area contributed by atoms with Crippen LogP contribution in [0.5, 0.6) is 0 Å². The van der Waals surface area contributed by atoms with Crippen LogP contribution in [0.25, 0.3) is 0 Å². The van der Waals surface area contributed by atoms with Crippen LogP contribution >= 0.6 is 0 Å². The first-order valence-corrected chi connectivity index (χ1v) is 11.1. The molecular formula is C6H6N4O8S4. The van der Waals surface area contributed by atoms with Crippen LogP contribution in [0, 0.1) is 0 Å². The molecule has 0 spiro atoms. The molecule has 12 nitrogen and oxygen atoms in total. The Morgan fingerprint density at radius 3 is 0.818 bits per heavy atom. The van der Waals surface area contributed by atoms with Gasteiger partial charge in [-0.05, 0) is 12.1 Å². The van der Waals surface area contributed by atoms with Crippen molar-refractivity contribution in [3.63, 3.8) is 0 Å². The zero-order chi connectivity index (χ0) is 16.6. The second-order valence-corrected chi connectivity index (χ2v) is 10.8. The lowest BCUT2D eigenvalue weighted by Crippen LogP contribution is -2.49. The Morgan fingerprint density at radius 1 is 0.455 bits per heavy atom. The zero-order valence-electron chi connectivity index (χ0n) is 10.1. The summed E-state index contributed by atoms with van der Waals surface area (Å²) in [6.07, 6.45) is 0. The van der Waals surface area contributed by atoms with Crippen molar-refractivity contribution in [3.8, 4) is 0 Å². The number of hydrazine groups is 2. The number of fused-ring (bicyclic) bond motifs is 2. The van der Waals surface area contributed by atoms with Gasteiger partial charge in [-0.1, -0.05) is 0 Å². The van der Waals surface area contributed by atoms with E-state index in [1.807, 2.05) is 0 Å². The number of rotatable bonds is 0. The summed E-state index contributed by atoms with van der Waals surface area (Å²) in [5, 5.41) is 0. The van der Waals surface area contributed by atoms with Crippen molar-refractivity contribution in [1.29, 1.82) is 0 Å². The van der Waals surface area contributed by atoms with E-state index in [1.54, 1.807) is 0 Å². The topological polar surface area (TPSA) is 185 Å². The van der Waals surface area contributed by atoms with Crippen molar-refractivity contribution in [2.75, 3.05) is 0 Å². The van der Waals surface area contributed by atoms with E-state index in [0.717, 1.165) is 0 Å². The van der Waals surface area contributed by atoms with Gasteiger partial charge in [-0.3, -0.25) is 0 Å². The average Bonchev–Trinajstić information content (AvgIpc) is 2.40. The molecular weight excluding hydrogens is 384 g/mol. The van der Waals surface area contributed by atoms with E-state index < -0.39 is 59.7 Å². The zero-order valence-corrected chi connectivity index (χ0v) is 13.3. The van der Waals surface area contributed by atoms with Crippen molar-refractivity contribution in [3.05, 3.63) is 12.1 Å². The summed E-state index contributed by atoms with van der Waals surface area (Å²) in [5.41, 5.74) is 0. The van der Waals surface area contributed by atoms with Crippen molar-refractivity contribution in [2.24, 2.45) is 0 Å². The molecule has 0 fully saturated rings. The van der Waals surface area contributed by atoms with E-state index in [4.69, 9.17) is 0 Å². The van der Waals surface area contributed by atoms with Gasteiger partial charge in [0.2, 0.25) is 0 Å². The lowest BCUT2D eigenvalue weighted by atomic mass is 10.3. The summed E-state index contributed by atoms with van der Waals surface area (Å²) >= 11 is 0. The van der Waals surface area contributed by atoms with Crippen LogP contribution in [0.1, 0.15) is 0 Å². The van der Waals surface area contributed by atoms with E-state index in [0.29, 0.717) is 12.1 Å². The minimum atomic E-state index is -4.38. The smallest absolute Gasteiger partial charge is 0.206 e. The molecule has 0 bridgehead atoms. The summed E-state index contributed by atoms with van der Waals surface area (Å²) in [7, 11) is -17.5. The third-order valence-electron chi connectivity index (χ3n) is 2.79. The van der Waals surface area contributed by atoms with E-state index in [9.17, 15) is 33.7 Å². The SMILES string of the molecule is O=S1(=O)NNS(=O)(=O)c2cc3c(cc21)S(=O)(=O)NNS3(=O)=O. The fourth-order valence-corrected chi connectivity index (χ4v) is 7.85. The van der Waals surface area contributed by atoms with Crippen LogP contribution in [0.4, 0.5) is 0 Å². The molecule has 1 aromatic rings. The largest absolute Gasteiger partial charge is 0.255 e. The summed E-state index contributed by atoms with van der Waals surface area (Å²) in [4.78, 5) is 2.53. The van der Waals surface area contributed by atoms with Crippen molar-refractivity contribution in [2.45, 2.75) is 19.6 Å². The fraction of sp³-hybridized carbons (Fsp3) is 0. The van der Waals surface area contributed by atoms with Crippen LogP contribution in [0.3, 0.4) is 0 Å². The molecule has 0 saturated heterocycles. The van der Waals surface area contributed by atoms with Gasteiger partial charge in [0.05, 0.1) is 0 Å². The predicted molar refractivity (Wildman–Crippen MR) is 67.7 cm³/mol. The number of hydrogen-bond acceptors (Lipinski definition) is 8. The molecule has 16 heteroatoms. The van der Waals surface area contributed by atoms with Gasteiger partial charge in [-0.2, -0.15) is 0 Å². The molecule has 0 radical (unpaired) electrons. The maximum Gasteiger partial charge on any atom is 0.255 e. The molecule has 4 N–H and O–H groups in total. The Balaban J connectivity index is 2.55. The first kappa shape index (κ1) is 15.7. The Hall–Kier alpha value is -1.14. The van der Waals surface area contributed by atoms with Gasteiger partial charge < -0.3 is 0 Å². The van der Waals surface area contributed by atoms with Gasteiger partial charge in [0.25, 0.3) is 40.1 Å². The van der Waals surface area contributed by atoms with Gasteiger partial charge in [-0.25, -0.2) is 33.7 Å². The predicted octanol–water partition coefficient (Wildman–Crippen LogP) is -3.34. The van der Waals surface area contributed by atoms with Crippen LogP contribution in [-0.2, 0) is 40.1 Å². The van der Waals surface area contributed by atoms with Crippen LogP contribution in [-0.4, -0.2) is 33.7 Å². The van der Waals surface area contributed by atoms with E-state index in [-0.39, 0.29) is 0 Å². The Morgan fingerprint density at radius 2 is 0.636 bits per heavy atom. The highest BCUT2D eigenvalue weighted by Crippen LogP contribution is 2.33. The van der Waals surface area contributed by atoms with Crippen molar-refractivity contribution in [1.82, 2.24) is 19.3 Å². The molecule has 3 rings (SSSR count). The highest BCUT2D eigenvalue weighted by Gasteiger charge is 2.40. The first-order valence-electron chi connectivity index (χ1n) is 5.12. The minimum absolute atomic E-state index is 0.464. The molecule has 0 unspecified atom stereocenters. The Kier molecular flexibility index (Phi) is 3.03. The maximum atomic E-state index is 11.8. The monoisotopic (exact) mass is 390 g/mol. The molecule has 0 atom stereocenters. The molecule has 0 saturated carbocycles. The van der Waals surface area contributed by atoms with Crippen LogP contribution in [0.15, 0.2) is 31.7 Å². The highest BCUT2D eigenvalue weighted by atomic mass is 32.2. The second kappa shape index (κ2) is 4.23. The van der Waals surface area contributed by atoms with Gasteiger partial charge in [-0.15, -0.1) is 19.3 Å². The lowest BCUT2D eigenvalue weighted by molar-refractivity contribution is 0.533. The molecule has 2 aliphatic rings. The highest BCUT2D eigenvalue weighted by molar-refractivity contribution is 7.96. The third-order valence-corrected chi connectivity index (χ3v) is 8.46. The van der Waals surface area contributed by atoms with Crippen LogP contribution < -0.4 is 19.3 Å². The van der Waals surface area contributed by atoms with Crippen LogP contribution in [0.2, 0.25) is 0 Å². The minimum Gasteiger partial charge on any atom is -0.206 e. The van der Waals surface area contributed by atoms with Crippen molar-refractivity contribution >= 4 is 40.1 Å². The maximum absolute atomic E-state index is 11.8. The quantitative estimate of drug-likeness (QED) is 0.354.